The van der Waals surface area contributed by atoms with E-state index in [2.05, 4.69) is 0 Å². The van der Waals surface area contributed by atoms with Gasteiger partial charge in [0.15, 0.2) is 0 Å². The van der Waals surface area contributed by atoms with Crippen LogP contribution in [0, 0.1) is 0 Å². The molecule has 2 aromatic carbocycles. The molecule has 3 heteroatoms. The quantitative estimate of drug-likeness (QED) is 0.750. The van der Waals surface area contributed by atoms with E-state index in [4.69, 9.17) is 21.8 Å². The molecule has 0 radical (unpaired) electrons. The Morgan fingerprint density at radius 2 is 1.78 bits per heavy atom. The Balaban J connectivity index is 2.07. The molecule has 90 valence electrons. The van der Waals surface area contributed by atoms with E-state index in [1.165, 1.54) is 0 Å². The summed E-state index contributed by atoms with van der Waals surface area (Å²) in [6, 6.07) is 17.1. The molecule has 1 unspecified atom stereocenters. The minimum absolute atomic E-state index is 0.269. The molecule has 2 nitrogen and oxygen atoms in total. The summed E-state index contributed by atoms with van der Waals surface area (Å²) in [5.74, 6) is 0.726. The molecule has 1 heterocycles. The Morgan fingerprint density at radius 3 is 2.50 bits per heavy atom. The average molecular weight is 258 g/mol. The summed E-state index contributed by atoms with van der Waals surface area (Å²) in [5.41, 5.74) is 7.98. The summed E-state index contributed by atoms with van der Waals surface area (Å²) in [5, 5.41) is 1.59. The van der Waals surface area contributed by atoms with Crippen LogP contribution >= 0.6 is 11.6 Å². The second kappa shape index (κ2) is 4.48. The molecule has 0 aliphatic rings. The van der Waals surface area contributed by atoms with Gasteiger partial charge in [0.05, 0.1) is 11.1 Å². The lowest BCUT2D eigenvalue weighted by molar-refractivity contribution is 0.525. The molecule has 1 atom stereocenters. The number of fused-ring (bicyclic) bond motifs is 1. The summed E-state index contributed by atoms with van der Waals surface area (Å²) < 4.78 is 5.76. The molecule has 1 aromatic heterocycles. The molecule has 0 bridgehead atoms. The molecule has 0 saturated heterocycles. The first-order valence-corrected chi connectivity index (χ1v) is 6.12. The number of furan rings is 1. The van der Waals surface area contributed by atoms with Gasteiger partial charge in [0.25, 0.3) is 0 Å². The molecular formula is C15H12ClNO. The van der Waals surface area contributed by atoms with Crippen molar-refractivity contribution < 1.29 is 4.42 Å². The van der Waals surface area contributed by atoms with Crippen molar-refractivity contribution in [2.75, 3.05) is 0 Å². The molecule has 2 N–H and O–H groups in total. The van der Waals surface area contributed by atoms with Crippen LogP contribution < -0.4 is 5.73 Å². The summed E-state index contributed by atoms with van der Waals surface area (Å²) in [4.78, 5) is 0. The normalized spacial score (nSPS) is 12.8. The summed E-state index contributed by atoms with van der Waals surface area (Å²) in [6.07, 6.45) is 0. The zero-order valence-corrected chi connectivity index (χ0v) is 10.4. The Morgan fingerprint density at radius 1 is 1.00 bits per heavy atom. The Hall–Kier alpha value is -1.77. The number of benzene rings is 2. The van der Waals surface area contributed by atoms with Crippen molar-refractivity contribution in [3.8, 4) is 0 Å². The highest BCUT2D eigenvalue weighted by molar-refractivity contribution is 6.35. The molecule has 0 fully saturated rings. The summed E-state index contributed by atoms with van der Waals surface area (Å²) >= 11 is 6.12. The van der Waals surface area contributed by atoms with E-state index in [1.807, 2.05) is 54.6 Å². The lowest BCUT2D eigenvalue weighted by Gasteiger charge is -2.07. The zero-order chi connectivity index (χ0) is 12.5. The molecule has 0 aliphatic carbocycles. The number of hydrogen-bond acceptors (Lipinski definition) is 2. The average Bonchev–Trinajstić information content (AvgIpc) is 2.84. The van der Waals surface area contributed by atoms with Gasteiger partial charge in [-0.1, -0.05) is 48.0 Å². The molecule has 3 aromatic rings. The third-order valence-electron chi connectivity index (χ3n) is 2.99. The number of rotatable bonds is 2. The third kappa shape index (κ3) is 1.90. The van der Waals surface area contributed by atoms with Gasteiger partial charge in [0, 0.05) is 5.39 Å². The Bertz CT molecular complexity index is 675. The van der Waals surface area contributed by atoms with Crippen LogP contribution in [0.5, 0.6) is 0 Å². The molecule has 0 saturated carbocycles. The van der Waals surface area contributed by atoms with E-state index in [-0.39, 0.29) is 6.04 Å². The Labute approximate surface area is 110 Å². The first kappa shape index (κ1) is 11.3. The predicted octanol–water partition coefficient (Wildman–Crippen LogP) is 4.13. The van der Waals surface area contributed by atoms with Gasteiger partial charge in [-0.15, -0.1) is 0 Å². The standard InChI is InChI=1S/C15H12ClNO/c16-12-7-4-8-13-11(12)9-14(18-13)15(17)10-5-2-1-3-6-10/h1-9,15H,17H2. The molecule has 18 heavy (non-hydrogen) atoms. The minimum atomic E-state index is -0.269. The number of nitrogens with two attached hydrogens (primary N) is 1. The van der Waals surface area contributed by atoms with E-state index in [0.717, 1.165) is 22.3 Å². The van der Waals surface area contributed by atoms with Gasteiger partial charge in [-0.05, 0) is 23.8 Å². The monoisotopic (exact) mass is 257 g/mol. The molecule has 3 rings (SSSR count). The topological polar surface area (TPSA) is 39.2 Å². The molecule has 0 spiro atoms. The van der Waals surface area contributed by atoms with E-state index >= 15 is 0 Å². The van der Waals surface area contributed by atoms with Crippen molar-refractivity contribution in [1.82, 2.24) is 0 Å². The molecular weight excluding hydrogens is 246 g/mol. The largest absolute Gasteiger partial charge is 0.459 e. The highest BCUT2D eigenvalue weighted by atomic mass is 35.5. The maximum Gasteiger partial charge on any atom is 0.135 e. The van der Waals surface area contributed by atoms with Crippen molar-refractivity contribution in [2.45, 2.75) is 6.04 Å². The van der Waals surface area contributed by atoms with Crippen molar-refractivity contribution >= 4 is 22.6 Å². The van der Waals surface area contributed by atoms with Crippen LogP contribution in [0.4, 0.5) is 0 Å². The van der Waals surface area contributed by atoms with Gasteiger partial charge in [-0.3, -0.25) is 0 Å². The smallest absolute Gasteiger partial charge is 0.135 e. The lowest BCUT2D eigenvalue weighted by Crippen LogP contribution is -2.10. The van der Waals surface area contributed by atoms with Crippen LogP contribution in [0.2, 0.25) is 5.02 Å². The summed E-state index contributed by atoms with van der Waals surface area (Å²) in [7, 11) is 0. The highest BCUT2D eigenvalue weighted by Crippen LogP contribution is 2.30. The van der Waals surface area contributed by atoms with Gasteiger partial charge < -0.3 is 10.2 Å². The second-order valence-corrected chi connectivity index (χ2v) is 4.60. The first-order valence-electron chi connectivity index (χ1n) is 5.74. The van der Waals surface area contributed by atoms with Crippen molar-refractivity contribution in [2.24, 2.45) is 5.73 Å². The van der Waals surface area contributed by atoms with E-state index < -0.39 is 0 Å². The fraction of sp³-hybridized carbons (Fsp3) is 0.0667. The van der Waals surface area contributed by atoms with Crippen LogP contribution in [0.3, 0.4) is 0 Å². The zero-order valence-electron chi connectivity index (χ0n) is 9.64. The van der Waals surface area contributed by atoms with Gasteiger partial charge >= 0.3 is 0 Å². The van der Waals surface area contributed by atoms with Crippen LogP contribution in [0.15, 0.2) is 59.0 Å². The molecule has 0 amide bonds. The number of halogens is 1. The van der Waals surface area contributed by atoms with Crippen LogP contribution in [0.1, 0.15) is 17.4 Å². The lowest BCUT2D eigenvalue weighted by atomic mass is 10.1. The second-order valence-electron chi connectivity index (χ2n) is 4.19. The van der Waals surface area contributed by atoms with Gasteiger partial charge in [0.1, 0.15) is 11.3 Å². The maximum absolute atomic E-state index is 6.19. The maximum atomic E-state index is 6.19. The van der Waals surface area contributed by atoms with E-state index in [0.29, 0.717) is 5.02 Å². The van der Waals surface area contributed by atoms with Crippen LogP contribution in [0.25, 0.3) is 11.0 Å². The Kier molecular flexibility index (Phi) is 2.82. The van der Waals surface area contributed by atoms with Crippen molar-refractivity contribution in [3.63, 3.8) is 0 Å². The highest BCUT2D eigenvalue weighted by Gasteiger charge is 2.14. The van der Waals surface area contributed by atoms with Crippen molar-refractivity contribution in [3.05, 3.63) is 70.9 Å². The van der Waals surface area contributed by atoms with Gasteiger partial charge in [-0.2, -0.15) is 0 Å². The first-order chi connectivity index (χ1) is 8.75. The fourth-order valence-corrected chi connectivity index (χ4v) is 2.24. The van der Waals surface area contributed by atoms with Crippen LogP contribution in [-0.2, 0) is 0 Å². The molecule has 0 aliphatic heterocycles. The van der Waals surface area contributed by atoms with E-state index in [9.17, 15) is 0 Å². The number of hydrogen-bond donors (Lipinski definition) is 1. The predicted molar refractivity (Wildman–Crippen MR) is 73.7 cm³/mol. The summed E-state index contributed by atoms with van der Waals surface area (Å²) in [6.45, 7) is 0. The fourth-order valence-electron chi connectivity index (χ4n) is 2.02. The third-order valence-corrected chi connectivity index (χ3v) is 3.32. The van der Waals surface area contributed by atoms with Gasteiger partial charge in [-0.25, -0.2) is 0 Å². The minimum Gasteiger partial charge on any atom is -0.459 e. The van der Waals surface area contributed by atoms with Gasteiger partial charge in [0.2, 0.25) is 0 Å². The van der Waals surface area contributed by atoms with Crippen molar-refractivity contribution in [1.29, 1.82) is 0 Å². The SMILES string of the molecule is NC(c1ccccc1)c1cc2c(Cl)cccc2o1. The van der Waals surface area contributed by atoms with Crippen LogP contribution in [-0.4, -0.2) is 0 Å². The van der Waals surface area contributed by atoms with E-state index in [1.54, 1.807) is 0 Å².